The molecule has 1 amide bonds. The van der Waals surface area contributed by atoms with Crippen LogP contribution in [0.4, 0.5) is 10.9 Å². The number of carbonyl (C=O) groups excluding carboxylic acids is 1. The molecule has 1 atom stereocenters. The predicted octanol–water partition coefficient (Wildman–Crippen LogP) is 2.10. The van der Waals surface area contributed by atoms with Crippen LogP contribution in [-0.4, -0.2) is 30.5 Å². The van der Waals surface area contributed by atoms with Gasteiger partial charge in [-0.1, -0.05) is 24.2 Å². The fourth-order valence-corrected chi connectivity index (χ4v) is 2.90. The van der Waals surface area contributed by atoms with E-state index in [1.54, 1.807) is 0 Å². The summed E-state index contributed by atoms with van der Waals surface area (Å²) in [5, 5.41) is 3.80. The SMILES string of the molecule is CCN(C)c1nc(N)c(C(=O)NC(C)CC2CC2)s1. The summed E-state index contributed by atoms with van der Waals surface area (Å²) in [7, 11) is 1.94. The Morgan fingerprint density at radius 2 is 2.32 bits per heavy atom. The molecule has 2 rings (SSSR count). The number of hydrogen-bond acceptors (Lipinski definition) is 5. The summed E-state index contributed by atoms with van der Waals surface area (Å²) >= 11 is 1.35. The van der Waals surface area contributed by atoms with Gasteiger partial charge in [0.2, 0.25) is 0 Å². The molecular weight excluding hydrogens is 260 g/mol. The number of amides is 1. The smallest absolute Gasteiger partial charge is 0.265 e. The van der Waals surface area contributed by atoms with Gasteiger partial charge < -0.3 is 16.0 Å². The van der Waals surface area contributed by atoms with E-state index in [2.05, 4.69) is 10.3 Å². The number of nitrogen functional groups attached to an aromatic ring is 1. The lowest BCUT2D eigenvalue weighted by Crippen LogP contribution is -2.32. The fraction of sp³-hybridized carbons (Fsp3) is 0.692. The molecular formula is C13H22N4OS. The van der Waals surface area contributed by atoms with Crippen LogP contribution in [0.5, 0.6) is 0 Å². The summed E-state index contributed by atoms with van der Waals surface area (Å²) < 4.78 is 0. The van der Waals surface area contributed by atoms with Crippen LogP contribution in [0.2, 0.25) is 0 Å². The van der Waals surface area contributed by atoms with Crippen LogP contribution in [0.1, 0.15) is 42.8 Å². The molecule has 106 valence electrons. The lowest BCUT2D eigenvalue weighted by molar-refractivity contribution is 0.0942. The van der Waals surface area contributed by atoms with Gasteiger partial charge in [-0.05, 0) is 26.2 Å². The molecule has 0 bridgehead atoms. The molecule has 3 N–H and O–H groups in total. The van der Waals surface area contributed by atoms with Gasteiger partial charge in [-0.25, -0.2) is 4.98 Å². The molecule has 1 aliphatic rings. The summed E-state index contributed by atoms with van der Waals surface area (Å²) in [6, 6.07) is 0.203. The van der Waals surface area contributed by atoms with Crippen LogP contribution < -0.4 is 16.0 Å². The summed E-state index contributed by atoms with van der Waals surface area (Å²) in [4.78, 5) is 18.9. The predicted molar refractivity (Wildman–Crippen MR) is 79.7 cm³/mol. The maximum atomic E-state index is 12.2. The van der Waals surface area contributed by atoms with E-state index >= 15 is 0 Å². The van der Waals surface area contributed by atoms with Crippen LogP contribution in [-0.2, 0) is 0 Å². The van der Waals surface area contributed by atoms with E-state index in [0.717, 1.165) is 24.0 Å². The standard InChI is InChI=1S/C13H22N4OS/c1-4-17(3)13-16-11(14)10(19-13)12(18)15-8(2)7-9-5-6-9/h8-9H,4-7,14H2,1-3H3,(H,15,18). The molecule has 1 aromatic heterocycles. The molecule has 19 heavy (non-hydrogen) atoms. The summed E-state index contributed by atoms with van der Waals surface area (Å²) in [6.07, 6.45) is 3.66. The van der Waals surface area contributed by atoms with Gasteiger partial charge in [-0.3, -0.25) is 4.79 Å². The summed E-state index contributed by atoms with van der Waals surface area (Å²) in [5.74, 6) is 1.03. The molecule has 5 nitrogen and oxygen atoms in total. The molecule has 0 saturated heterocycles. The van der Waals surface area contributed by atoms with Crippen LogP contribution in [0.3, 0.4) is 0 Å². The number of nitrogens with one attached hydrogen (secondary N) is 1. The van der Waals surface area contributed by atoms with Crippen LogP contribution in [0, 0.1) is 5.92 Å². The lowest BCUT2D eigenvalue weighted by atomic mass is 10.1. The zero-order valence-electron chi connectivity index (χ0n) is 11.8. The fourth-order valence-electron chi connectivity index (χ4n) is 1.98. The Kier molecular flexibility index (Phi) is 4.29. The first-order valence-corrected chi connectivity index (χ1v) is 7.61. The Balaban J connectivity index is 1.99. The average molecular weight is 282 g/mol. The van der Waals surface area contributed by atoms with Gasteiger partial charge in [0.15, 0.2) is 5.13 Å². The van der Waals surface area contributed by atoms with Crippen molar-refractivity contribution in [3.8, 4) is 0 Å². The number of rotatable bonds is 6. The second-order valence-electron chi connectivity index (χ2n) is 5.28. The maximum Gasteiger partial charge on any atom is 0.265 e. The van der Waals surface area contributed by atoms with Crippen molar-refractivity contribution in [3.63, 3.8) is 0 Å². The normalized spacial score (nSPS) is 16.2. The number of anilines is 2. The maximum absolute atomic E-state index is 12.2. The summed E-state index contributed by atoms with van der Waals surface area (Å²) in [6.45, 7) is 4.92. The third-order valence-corrected chi connectivity index (χ3v) is 4.59. The van der Waals surface area contributed by atoms with Crippen molar-refractivity contribution < 1.29 is 4.79 Å². The molecule has 1 unspecified atom stereocenters. The number of thiazole rings is 1. The average Bonchev–Trinajstić information content (AvgIpc) is 3.07. The molecule has 0 radical (unpaired) electrons. The van der Waals surface area contributed by atoms with Gasteiger partial charge in [0.05, 0.1) is 0 Å². The lowest BCUT2D eigenvalue weighted by Gasteiger charge is -2.12. The Labute approximate surface area is 118 Å². The Bertz CT molecular complexity index is 455. The first-order chi connectivity index (χ1) is 9.01. The van der Waals surface area contributed by atoms with Crippen molar-refractivity contribution in [1.82, 2.24) is 10.3 Å². The number of carbonyl (C=O) groups is 1. The second-order valence-corrected chi connectivity index (χ2v) is 6.26. The number of nitrogens with zero attached hydrogens (tertiary/aromatic N) is 2. The van der Waals surface area contributed by atoms with Crippen LogP contribution >= 0.6 is 11.3 Å². The zero-order chi connectivity index (χ0) is 14.0. The highest BCUT2D eigenvalue weighted by Gasteiger charge is 2.25. The van der Waals surface area contributed by atoms with Gasteiger partial charge in [-0.15, -0.1) is 0 Å². The minimum Gasteiger partial charge on any atom is -0.382 e. The molecule has 0 aliphatic heterocycles. The number of hydrogen-bond donors (Lipinski definition) is 2. The summed E-state index contributed by atoms with van der Waals surface area (Å²) in [5.41, 5.74) is 5.84. The van der Waals surface area contributed by atoms with Gasteiger partial charge in [0.1, 0.15) is 10.7 Å². The molecule has 1 fully saturated rings. The quantitative estimate of drug-likeness (QED) is 0.838. The highest BCUT2D eigenvalue weighted by atomic mass is 32.1. The van der Waals surface area contributed by atoms with E-state index < -0.39 is 0 Å². The largest absolute Gasteiger partial charge is 0.382 e. The van der Waals surface area contributed by atoms with Crippen LogP contribution in [0.15, 0.2) is 0 Å². The molecule has 1 heterocycles. The second kappa shape index (κ2) is 5.77. The van der Waals surface area contributed by atoms with Crippen molar-refractivity contribution in [2.75, 3.05) is 24.2 Å². The van der Waals surface area contributed by atoms with E-state index in [-0.39, 0.29) is 11.9 Å². The van der Waals surface area contributed by atoms with E-state index in [4.69, 9.17) is 5.73 Å². The number of nitrogens with two attached hydrogens (primary N) is 1. The van der Waals surface area contributed by atoms with Gasteiger partial charge in [0.25, 0.3) is 5.91 Å². The molecule has 6 heteroatoms. The van der Waals surface area contributed by atoms with Crippen molar-refractivity contribution in [2.24, 2.45) is 5.92 Å². The molecule has 0 spiro atoms. The molecule has 0 aromatic carbocycles. The van der Waals surface area contributed by atoms with E-state index in [9.17, 15) is 4.79 Å². The van der Waals surface area contributed by atoms with E-state index in [1.165, 1.54) is 24.2 Å². The van der Waals surface area contributed by atoms with Crippen LogP contribution in [0.25, 0.3) is 0 Å². The Morgan fingerprint density at radius 3 is 2.89 bits per heavy atom. The molecule has 1 aliphatic carbocycles. The van der Waals surface area contributed by atoms with E-state index in [0.29, 0.717) is 10.7 Å². The van der Waals surface area contributed by atoms with Crippen molar-refractivity contribution in [2.45, 2.75) is 39.2 Å². The molecule has 1 aromatic rings. The Hall–Kier alpha value is -1.30. The highest BCUT2D eigenvalue weighted by molar-refractivity contribution is 7.18. The van der Waals surface area contributed by atoms with Gasteiger partial charge in [0, 0.05) is 19.6 Å². The Morgan fingerprint density at radius 1 is 1.63 bits per heavy atom. The van der Waals surface area contributed by atoms with Crippen molar-refractivity contribution >= 4 is 28.2 Å². The molecule has 1 saturated carbocycles. The van der Waals surface area contributed by atoms with Crippen molar-refractivity contribution in [3.05, 3.63) is 4.88 Å². The topological polar surface area (TPSA) is 71.2 Å². The van der Waals surface area contributed by atoms with Gasteiger partial charge >= 0.3 is 0 Å². The van der Waals surface area contributed by atoms with Gasteiger partial charge in [-0.2, -0.15) is 0 Å². The number of aromatic nitrogens is 1. The minimum absolute atomic E-state index is 0.0982. The third kappa shape index (κ3) is 3.59. The minimum atomic E-state index is -0.0982. The van der Waals surface area contributed by atoms with E-state index in [1.807, 2.05) is 25.8 Å². The monoisotopic (exact) mass is 282 g/mol. The van der Waals surface area contributed by atoms with Crippen molar-refractivity contribution in [1.29, 1.82) is 0 Å². The third-order valence-electron chi connectivity index (χ3n) is 3.41. The zero-order valence-corrected chi connectivity index (χ0v) is 12.6. The first kappa shape index (κ1) is 14.1. The highest BCUT2D eigenvalue weighted by Crippen LogP contribution is 2.33. The first-order valence-electron chi connectivity index (χ1n) is 6.79.